The molecule has 0 unspecified atom stereocenters. The number of ether oxygens (including phenoxy) is 1. The van der Waals surface area contributed by atoms with Crippen molar-refractivity contribution in [2.45, 2.75) is 25.4 Å². The van der Waals surface area contributed by atoms with Crippen molar-refractivity contribution in [2.24, 2.45) is 0 Å². The number of piperidine rings is 1. The molecule has 2 aromatic heterocycles. The Balaban J connectivity index is 1.52. The minimum absolute atomic E-state index is 0.113. The number of fused-ring (bicyclic) bond motifs is 3. The molecule has 38 heavy (non-hydrogen) atoms. The summed E-state index contributed by atoms with van der Waals surface area (Å²) in [7, 11) is 1.40. The van der Waals surface area contributed by atoms with Crippen molar-refractivity contribution in [3.63, 3.8) is 0 Å². The number of benzene rings is 2. The van der Waals surface area contributed by atoms with Crippen molar-refractivity contribution < 1.29 is 24.2 Å². The molecule has 1 aliphatic rings. The van der Waals surface area contributed by atoms with Crippen LogP contribution in [0.5, 0.6) is 5.75 Å². The van der Waals surface area contributed by atoms with Crippen LogP contribution >= 0.6 is 0 Å². The number of Topliss-reactive ketones (excluding diaryl/α,β-unsaturated/α-hetero) is 1. The van der Waals surface area contributed by atoms with E-state index >= 15 is 0 Å². The lowest BCUT2D eigenvalue weighted by molar-refractivity contribution is -0.135. The van der Waals surface area contributed by atoms with Crippen LogP contribution in [0.25, 0.3) is 21.8 Å². The molecule has 3 N–H and O–H groups in total. The molecule has 0 aliphatic carbocycles. The van der Waals surface area contributed by atoms with Crippen molar-refractivity contribution in [3.05, 3.63) is 76.2 Å². The predicted octanol–water partition coefficient (Wildman–Crippen LogP) is 2.09. The molecule has 10 nitrogen and oxygen atoms in total. The van der Waals surface area contributed by atoms with E-state index in [0.29, 0.717) is 47.9 Å². The Labute approximate surface area is 217 Å². The molecule has 3 heterocycles. The zero-order chi connectivity index (χ0) is 26.8. The third-order valence-corrected chi connectivity index (χ3v) is 7.02. The maximum atomic E-state index is 13.8. The fourth-order valence-electron chi connectivity index (χ4n) is 5.06. The number of para-hydroxylation sites is 1. The normalized spacial score (nSPS) is 14.1. The number of pyridine rings is 1. The Morgan fingerprint density at radius 3 is 2.42 bits per heavy atom. The van der Waals surface area contributed by atoms with Crippen molar-refractivity contribution in [1.82, 2.24) is 19.8 Å². The summed E-state index contributed by atoms with van der Waals surface area (Å²) in [6, 6.07) is 15.8. The summed E-state index contributed by atoms with van der Waals surface area (Å²) in [5, 5.41) is 12.9. The number of aromatic nitrogens is 2. The third-order valence-electron chi connectivity index (χ3n) is 7.02. The average Bonchev–Trinajstić information content (AvgIpc) is 3.36. The van der Waals surface area contributed by atoms with Gasteiger partial charge in [0, 0.05) is 30.1 Å². The second kappa shape index (κ2) is 10.5. The van der Waals surface area contributed by atoms with Crippen LogP contribution in [-0.2, 0) is 11.3 Å². The highest BCUT2D eigenvalue weighted by Gasteiger charge is 2.28. The fraction of sp³-hybridized carbons (Fsp3) is 0.286. The number of rotatable bonds is 7. The monoisotopic (exact) mass is 516 g/mol. The van der Waals surface area contributed by atoms with Gasteiger partial charge in [0.25, 0.3) is 11.5 Å². The molecule has 4 aromatic rings. The van der Waals surface area contributed by atoms with Crippen LogP contribution in [0.15, 0.2) is 59.4 Å². The number of H-pyrrole nitrogens is 1. The quantitative estimate of drug-likeness (QED) is 0.322. The highest BCUT2D eigenvalue weighted by atomic mass is 16.5. The molecule has 2 amide bonds. The van der Waals surface area contributed by atoms with Gasteiger partial charge in [-0.25, -0.2) is 0 Å². The largest absolute Gasteiger partial charge is 0.493 e. The van der Waals surface area contributed by atoms with Crippen molar-refractivity contribution in [1.29, 1.82) is 0 Å². The molecule has 1 saturated heterocycles. The number of hydrogen-bond acceptors (Lipinski definition) is 6. The zero-order valence-electron chi connectivity index (χ0n) is 20.9. The number of hydrogen-bond donors (Lipinski definition) is 3. The highest BCUT2D eigenvalue weighted by molar-refractivity contribution is 6.11. The van der Waals surface area contributed by atoms with Gasteiger partial charge in [0.2, 0.25) is 5.91 Å². The van der Waals surface area contributed by atoms with Gasteiger partial charge in [0.05, 0.1) is 24.7 Å². The van der Waals surface area contributed by atoms with E-state index < -0.39 is 18.1 Å². The number of amides is 2. The van der Waals surface area contributed by atoms with Crippen molar-refractivity contribution in [3.8, 4) is 5.75 Å². The van der Waals surface area contributed by atoms with Crippen LogP contribution in [-0.4, -0.2) is 70.0 Å². The van der Waals surface area contributed by atoms with Crippen LogP contribution in [0.1, 0.15) is 33.7 Å². The maximum absolute atomic E-state index is 13.8. The first-order valence-electron chi connectivity index (χ1n) is 12.4. The molecule has 0 saturated carbocycles. The molecule has 10 heteroatoms. The summed E-state index contributed by atoms with van der Waals surface area (Å²) >= 11 is 0. The van der Waals surface area contributed by atoms with Gasteiger partial charge >= 0.3 is 0 Å². The van der Waals surface area contributed by atoms with Crippen molar-refractivity contribution >= 4 is 39.4 Å². The Bertz CT molecular complexity index is 1580. The van der Waals surface area contributed by atoms with Gasteiger partial charge in [-0.1, -0.05) is 48.5 Å². The van der Waals surface area contributed by atoms with E-state index in [1.54, 1.807) is 41.3 Å². The van der Waals surface area contributed by atoms with Crippen LogP contribution in [0.3, 0.4) is 0 Å². The zero-order valence-corrected chi connectivity index (χ0v) is 20.9. The Hall–Kier alpha value is -4.44. The number of ketones is 1. The topological polar surface area (TPSA) is 134 Å². The molecule has 5 rings (SSSR count). The molecule has 1 aliphatic heterocycles. The lowest BCUT2D eigenvalue weighted by Gasteiger charge is -2.32. The Morgan fingerprint density at radius 1 is 1.05 bits per heavy atom. The summed E-state index contributed by atoms with van der Waals surface area (Å²) in [4.78, 5) is 56.5. The Kier molecular flexibility index (Phi) is 6.97. The van der Waals surface area contributed by atoms with E-state index in [1.165, 1.54) is 11.7 Å². The van der Waals surface area contributed by atoms with Gasteiger partial charge in [-0.2, -0.15) is 0 Å². The van der Waals surface area contributed by atoms with Crippen LogP contribution in [0, 0.1) is 0 Å². The summed E-state index contributed by atoms with van der Waals surface area (Å²) in [6.07, 6.45) is 1.08. The van der Waals surface area contributed by atoms with E-state index in [-0.39, 0.29) is 41.1 Å². The van der Waals surface area contributed by atoms with Gasteiger partial charge in [0.15, 0.2) is 11.5 Å². The first kappa shape index (κ1) is 25.2. The van der Waals surface area contributed by atoms with Gasteiger partial charge in [-0.05, 0) is 18.9 Å². The highest BCUT2D eigenvalue weighted by Crippen LogP contribution is 2.32. The minimum Gasteiger partial charge on any atom is -0.493 e. The number of likely N-dealkylation sites (tertiary alicyclic amines) is 1. The third kappa shape index (κ3) is 4.54. The average molecular weight is 517 g/mol. The SMILES string of the molecule is COc1c(C(=O)NC2CCN(C(=O)CO)CC2)[nH]c2c1c(=O)n(CC(=O)c1ccccc1)c1ccccc21. The predicted molar refractivity (Wildman–Crippen MR) is 142 cm³/mol. The van der Waals surface area contributed by atoms with E-state index in [2.05, 4.69) is 10.3 Å². The van der Waals surface area contributed by atoms with Gasteiger partial charge in [-0.15, -0.1) is 0 Å². The number of aromatic amines is 1. The van der Waals surface area contributed by atoms with Gasteiger partial charge in [0.1, 0.15) is 17.7 Å². The van der Waals surface area contributed by atoms with Gasteiger partial charge < -0.3 is 25.0 Å². The Morgan fingerprint density at radius 2 is 1.74 bits per heavy atom. The first-order chi connectivity index (χ1) is 18.4. The molecule has 0 spiro atoms. The molecular formula is C28H28N4O6. The molecule has 0 bridgehead atoms. The van der Waals surface area contributed by atoms with E-state index in [9.17, 15) is 19.2 Å². The molecule has 2 aromatic carbocycles. The number of nitrogens with zero attached hydrogens (tertiary/aromatic N) is 2. The van der Waals surface area contributed by atoms with E-state index in [0.717, 1.165) is 0 Å². The summed E-state index contributed by atoms with van der Waals surface area (Å²) in [5.74, 6) is -0.862. The molecule has 0 radical (unpaired) electrons. The van der Waals surface area contributed by atoms with Crippen LogP contribution in [0.4, 0.5) is 0 Å². The second-order valence-corrected chi connectivity index (χ2v) is 9.27. The number of carbonyl (C=O) groups excluding carboxylic acids is 3. The summed E-state index contributed by atoms with van der Waals surface area (Å²) in [6.45, 7) is 0.157. The van der Waals surface area contributed by atoms with Gasteiger partial charge in [-0.3, -0.25) is 23.7 Å². The smallest absolute Gasteiger partial charge is 0.271 e. The van der Waals surface area contributed by atoms with E-state index in [4.69, 9.17) is 9.84 Å². The minimum atomic E-state index is -0.536. The maximum Gasteiger partial charge on any atom is 0.271 e. The molecule has 196 valence electrons. The number of nitrogens with one attached hydrogen (secondary N) is 2. The second-order valence-electron chi connectivity index (χ2n) is 9.27. The number of carbonyl (C=O) groups is 3. The molecule has 0 atom stereocenters. The standard InChI is InChI=1S/C28H28N4O6/c1-38-26-23-24(30-25(26)27(36)29-18-11-13-31(14-12-18)22(35)16-33)19-9-5-6-10-20(19)32(28(23)37)15-21(34)17-7-3-2-4-8-17/h2-10,18,30,33H,11-16H2,1H3,(H,29,36). The van der Waals surface area contributed by atoms with Crippen LogP contribution in [0.2, 0.25) is 0 Å². The molecular weight excluding hydrogens is 488 g/mol. The molecule has 1 fully saturated rings. The lowest BCUT2D eigenvalue weighted by atomic mass is 10.0. The van der Waals surface area contributed by atoms with E-state index in [1.807, 2.05) is 18.2 Å². The lowest BCUT2D eigenvalue weighted by Crippen LogP contribution is -2.47. The number of methoxy groups -OCH3 is 1. The number of aliphatic hydroxyl groups excluding tert-OH is 1. The summed E-state index contributed by atoms with van der Waals surface area (Å²) in [5.41, 5.74) is 1.19. The van der Waals surface area contributed by atoms with Crippen LogP contribution < -0.4 is 15.6 Å². The van der Waals surface area contributed by atoms with Crippen molar-refractivity contribution in [2.75, 3.05) is 26.8 Å². The first-order valence-corrected chi connectivity index (χ1v) is 12.4. The fourth-order valence-corrected chi connectivity index (χ4v) is 5.06. The number of aliphatic hydroxyl groups is 1. The summed E-state index contributed by atoms with van der Waals surface area (Å²) < 4.78 is 6.99.